The topological polar surface area (TPSA) is 0 Å². The summed E-state index contributed by atoms with van der Waals surface area (Å²) in [7, 11) is -1.50. The van der Waals surface area contributed by atoms with Crippen LogP contribution in [0.1, 0.15) is 26.2 Å². The van der Waals surface area contributed by atoms with Gasteiger partial charge in [-0.05, 0) is 55.7 Å². The molecular formula is C21H24P+. The van der Waals surface area contributed by atoms with E-state index < -0.39 is 7.26 Å². The maximum atomic E-state index is 2.49. The second kappa shape index (κ2) is 7.07. The second-order valence-electron chi connectivity index (χ2n) is 5.81. The van der Waals surface area contributed by atoms with Gasteiger partial charge in [0.25, 0.3) is 0 Å². The van der Waals surface area contributed by atoms with E-state index in [2.05, 4.69) is 85.8 Å². The van der Waals surface area contributed by atoms with Crippen LogP contribution in [0.3, 0.4) is 0 Å². The lowest BCUT2D eigenvalue weighted by atomic mass is 10.2. The quantitative estimate of drug-likeness (QED) is 0.658. The Kier molecular flexibility index (Phi) is 4.90. The third-order valence-electron chi connectivity index (χ3n) is 4.37. The lowest BCUT2D eigenvalue weighted by Crippen LogP contribution is -2.26. The van der Waals surface area contributed by atoms with Crippen LogP contribution in [0.5, 0.6) is 0 Å². The van der Waals surface area contributed by atoms with Gasteiger partial charge in [-0.3, -0.25) is 0 Å². The van der Waals surface area contributed by atoms with Crippen LogP contribution in [0, 0.1) is 0 Å². The summed E-state index contributed by atoms with van der Waals surface area (Å²) in [5.74, 6) is 0. The molecule has 0 saturated carbocycles. The van der Waals surface area contributed by atoms with E-state index in [1.54, 1.807) is 5.31 Å². The summed E-state index contributed by atoms with van der Waals surface area (Å²) in [6.45, 7) is 2.31. The van der Waals surface area contributed by atoms with Crippen molar-refractivity contribution >= 4 is 17.9 Å². The smallest absolute Gasteiger partial charge is 0.0803 e. The molecule has 0 unspecified atom stereocenters. The number of benzene rings is 2. The molecule has 0 radical (unpaired) electrons. The lowest BCUT2D eigenvalue weighted by Gasteiger charge is -2.29. The van der Waals surface area contributed by atoms with Crippen LogP contribution in [-0.2, 0) is 0 Å². The summed E-state index contributed by atoms with van der Waals surface area (Å²) < 4.78 is 0. The molecule has 22 heavy (non-hydrogen) atoms. The van der Waals surface area contributed by atoms with E-state index in [0.717, 1.165) is 0 Å². The van der Waals surface area contributed by atoms with Crippen LogP contribution in [0.15, 0.2) is 84.2 Å². The van der Waals surface area contributed by atoms with Gasteiger partial charge in [-0.2, -0.15) is 0 Å². The minimum Gasteiger partial charge on any atom is -0.0803 e. The van der Waals surface area contributed by atoms with Gasteiger partial charge in [0.1, 0.15) is 23.2 Å². The summed E-state index contributed by atoms with van der Waals surface area (Å²) in [6.07, 6.45) is 12.1. The zero-order chi connectivity index (χ0) is 15.3. The molecule has 2 aromatic carbocycles. The molecule has 1 heteroatoms. The Morgan fingerprint density at radius 3 is 1.86 bits per heavy atom. The monoisotopic (exact) mass is 307 g/mol. The van der Waals surface area contributed by atoms with Crippen molar-refractivity contribution in [3.8, 4) is 0 Å². The van der Waals surface area contributed by atoms with Gasteiger partial charge in [0.2, 0.25) is 0 Å². The molecule has 1 aliphatic carbocycles. The molecule has 0 amide bonds. The fourth-order valence-electron chi connectivity index (χ4n) is 3.42. The predicted molar refractivity (Wildman–Crippen MR) is 101 cm³/mol. The molecular weight excluding hydrogens is 283 g/mol. The van der Waals surface area contributed by atoms with Gasteiger partial charge in [-0.1, -0.05) is 49.4 Å². The molecule has 0 nitrogen and oxygen atoms in total. The summed E-state index contributed by atoms with van der Waals surface area (Å²) >= 11 is 0. The average molecular weight is 307 g/mol. The predicted octanol–water partition coefficient (Wildman–Crippen LogP) is 5.30. The normalized spacial score (nSPS) is 14.7. The Morgan fingerprint density at radius 1 is 0.818 bits per heavy atom. The zero-order valence-corrected chi connectivity index (χ0v) is 14.2. The van der Waals surface area contributed by atoms with Crippen molar-refractivity contribution in [3.63, 3.8) is 0 Å². The average Bonchev–Trinajstić information content (AvgIpc) is 2.62. The van der Waals surface area contributed by atoms with Crippen LogP contribution in [0.2, 0.25) is 0 Å². The maximum absolute atomic E-state index is 2.49. The summed E-state index contributed by atoms with van der Waals surface area (Å²) in [6, 6.07) is 22.3. The fraction of sp³-hybridized carbons (Fsp3) is 0.238. The number of allylic oxidation sites excluding steroid dienone is 4. The zero-order valence-electron chi connectivity index (χ0n) is 13.3. The Morgan fingerprint density at radius 2 is 1.41 bits per heavy atom. The van der Waals surface area contributed by atoms with Gasteiger partial charge in [-0.25, -0.2) is 0 Å². The highest BCUT2D eigenvalue weighted by atomic mass is 31.2. The van der Waals surface area contributed by atoms with Crippen molar-refractivity contribution in [1.29, 1.82) is 0 Å². The minimum atomic E-state index is -1.50. The van der Waals surface area contributed by atoms with Crippen molar-refractivity contribution in [1.82, 2.24) is 0 Å². The first-order valence-electron chi connectivity index (χ1n) is 8.24. The van der Waals surface area contributed by atoms with Crippen LogP contribution in [0.25, 0.3) is 0 Å². The van der Waals surface area contributed by atoms with E-state index in [-0.39, 0.29) is 0 Å². The second-order valence-corrected chi connectivity index (χ2v) is 9.43. The van der Waals surface area contributed by atoms with Gasteiger partial charge >= 0.3 is 0 Å². The summed E-state index contributed by atoms with van der Waals surface area (Å²) in [5.41, 5.74) is 0. The van der Waals surface area contributed by atoms with Crippen molar-refractivity contribution in [2.24, 2.45) is 0 Å². The molecule has 1 aliphatic rings. The van der Waals surface area contributed by atoms with Crippen molar-refractivity contribution in [2.45, 2.75) is 26.2 Å². The standard InChI is InChI=1S/C21H24P/c1-2-18-22(19-12-6-3-7-13-19,20-14-8-4-9-15-20)21-16-10-5-11-17-21/h3-4,6-10,12-17H,2,5,11,18H2,1H3/q+1. The van der Waals surface area contributed by atoms with E-state index in [1.165, 1.54) is 36.0 Å². The molecule has 0 atom stereocenters. The van der Waals surface area contributed by atoms with Gasteiger partial charge in [0.15, 0.2) is 0 Å². The molecule has 2 aromatic rings. The third-order valence-corrected chi connectivity index (χ3v) is 9.06. The molecule has 0 heterocycles. The maximum Gasteiger partial charge on any atom is 0.111 e. The van der Waals surface area contributed by atoms with E-state index >= 15 is 0 Å². The van der Waals surface area contributed by atoms with E-state index in [0.29, 0.717) is 0 Å². The Balaban J connectivity index is 2.23. The molecule has 112 valence electrons. The molecule has 0 aromatic heterocycles. The molecule has 0 fully saturated rings. The third kappa shape index (κ3) is 2.81. The molecule has 0 N–H and O–H groups in total. The molecule has 3 rings (SSSR count). The number of rotatable bonds is 5. The van der Waals surface area contributed by atoms with Gasteiger partial charge < -0.3 is 0 Å². The highest BCUT2D eigenvalue weighted by Crippen LogP contribution is 2.64. The van der Waals surface area contributed by atoms with Gasteiger partial charge in [0, 0.05) is 0 Å². The van der Waals surface area contributed by atoms with Crippen molar-refractivity contribution < 1.29 is 0 Å². The highest BCUT2D eigenvalue weighted by molar-refractivity contribution is 7.93. The number of hydrogen-bond donors (Lipinski definition) is 0. The lowest BCUT2D eigenvalue weighted by molar-refractivity contribution is 1.03. The molecule has 0 spiro atoms. The van der Waals surface area contributed by atoms with Crippen molar-refractivity contribution in [2.75, 3.05) is 6.16 Å². The van der Waals surface area contributed by atoms with Crippen LogP contribution < -0.4 is 10.6 Å². The van der Waals surface area contributed by atoms with Crippen LogP contribution in [-0.4, -0.2) is 6.16 Å². The summed E-state index contributed by atoms with van der Waals surface area (Å²) in [4.78, 5) is 0. The van der Waals surface area contributed by atoms with E-state index in [1.807, 2.05) is 0 Å². The Bertz CT molecular complexity index is 613. The van der Waals surface area contributed by atoms with Gasteiger partial charge in [0.05, 0.1) is 6.16 Å². The van der Waals surface area contributed by atoms with E-state index in [9.17, 15) is 0 Å². The first-order chi connectivity index (χ1) is 10.9. The molecule has 0 saturated heterocycles. The highest BCUT2D eigenvalue weighted by Gasteiger charge is 2.45. The van der Waals surface area contributed by atoms with Crippen LogP contribution in [0.4, 0.5) is 0 Å². The van der Waals surface area contributed by atoms with E-state index in [4.69, 9.17) is 0 Å². The molecule has 0 aliphatic heterocycles. The van der Waals surface area contributed by atoms with Crippen molar-refractivity contribution in [3.05, 3.63) is 84.2 Å². The summed E-state index contributed by atoms with van der Waals surface area (Å²) in [5, 5.41) is 4.60. The number of hydrogen-bond acceptors (Lipinski definition) is 0. The SMILES string of the molecule is CCC[P+](C1=CCCC=C1)(c1ccccc1)c1ccccc1. The first kappa shape index (κ1) is 15.3. The minimum absolute atomic E-state index is 1.18. The Hall–Kier alpha value is -1.65. The first-order valence-corrected chi connectivity index (χ1v) is 10.2. The Labute approximate surface area is 134 Å². The fourth-order valence-corrected chi connectivity index (χ4v) is 7.92. The molecule has 0 bridgehead atoms. The van der Waals surface area contributed by atoms with Crippen LogP contribution >= 0.6 is 7.26 Å². The van der Waals surface area contributed by atoms with Gasteiger partial charge in [-0.15, -0.1) is 0 Å². The largest absolute Gasteiger partial charge is 0.111 e.